The van der Waals surface area contributed by atoms with Crippen molar-refractivity contribution in [3.8, 4) is 0 Å². The number of amides is 2. The molecule has 1 aromatic rings. The highest BCUT2D eigenvalue weighted by Gasteiger charge is 1.96. The van der Waals surface area contributed by atoms with Crippen molar-refractivity contribution < 1.29 is 4.79 Å². The number of carbonyl (C=O) groups is 1. The lowest BCUT2D eigenvalue weighted by Gasteiger charge is -2.01. The van der Waals surface area contributed by atoms with Crippen molar-refractivity contribution in [3.63, 3.8) is 0 Å². The van der Waals surface area contributed by atoms with Crippen molar-refractivity contribution in [1.29, 1.82) is 0 Å². The molecule has 0 aromatic heterocycles. The molecule has 1 N–H and O–H groups in total. The van der Waals surface area contributed by atoms with Crippen molar-refractivity contribution in [2.45, 2.75) is 13.3 Å². The van der Waals surface area contributed by atoms with Crippen LogP contribution in [-0.4, -0.2) is 12.7 Å². The molecule has 0 fully saturated rings. The first-order valence-electron chi connectivity index (χ1n) is 4.13. The lowest BCUT2D eigenvalue weighted by atomic mass is 10.1. The third-order valence-electron chi connectivity index (χ3n) is 1.76. The molecule has 3 nitrogen and oxygen atoms in total. The summed E-state index contributed by atoms with van der Waals surface area (Å²) in [6, 6.07) is 7.21. The van der Waals surface area contributed by atoms with Crippen LogP contribution in [0.25, 0.3) is 0 Å². The van der Waals surface area contributed by atoms with Gasteiger partial charge in [-0.05, 0) is 30.8 Å². The highest BCUT2D eigenvalue weighted by atomic mass is 16.2. The molecule has 2 amide bonds. The van der Waals surface area contributed by atoms with Crippen LogP contribution in [0.1, 0.15) is 12.5 Å². The van der Waals surface area contributed by atoms with Crippen molar-refractivity contribution in [2.24, 2.45) is 4.99 Å². The molecule has 0 saturated heterocycles. The Morgan fingerprint density at radius 1 is 1.46 bits per heavy atom. The fraction of sp³-hybridized carbons (Fsp3) is 0.200. The number of anilines is 1. The average Bonchev–Trinajstić information content (AvgIpc) is 2.19. The van der Waals surface area contributed by atoms with Gasteiger partial charge in [0.2, 0.25) is 0 Å². The molecule has 0 atom stereocenters. The number of benzene rings is 1. The monoisotopic (exact) mass is 176 g/mol. The van der Waals surface area contributed by atoms with E-state index in [2.05, 4.69) is 24.0 Å². The predicted molar refractivity (Wildman–Crippen MR) is 54.4 cm³/mol. The Morgan fingerprint density at radius 3 is 2.54 bits per heavy atom. The minimum Gasteiger partial charge on any atom is -0.306 e. The Labute approximate surface area is 77.5 Å². The number of carbonyl (C=O) groups excluding carboxylic acids is 1. The molecule has 0 unspecified atom stereocenters. The quantitative estimate of drug-likeness (QED) is 0.691. The number of hydrogen-bond acceptors (Lipinski definition) is 1. The Balaban J connectivity index is 2.69. The zero-order valence-electron chi connectivity index (χ0n) is 7.58. The number of nitrogens with one attached hydrogen (secondary N) is 1. The van der Waals surface area contributed by atoms with Crippen LogP contribution in [0.2, 0.25) is 0 Å². The molecular weight excluding hydrogens is 164 g/mol. The van der Waals surface area contributed by atoms with E-state index in [1.807, 2.05) is 24.3 Å². The van der Waals surface area contributed by atoms with Crippen molar-refractivity contribution >= 4 is 18.4 Å². The molecule has 13 heavy (non-hydrogen) atoms. The number of rotatable bonds is 2. The SMILES string of the molecule is C=NC(=O)Nc1ccc(CC)cc1. The molecule has 0 saturated carbocycles. The fourth-order valence-electron chi connectivity index (χ4n) is 0.987. The molecule has 0 radical (unpaired) electrons. The molecule has 0 spiro atoms. The summed E-state index contributed by atoms with van der Waals surface area (Å²) in [6.45, 7) is 5.21. The molecule has 0 bridgehead atoms. The minimum atomic E-state index is -0.427. The van der Waals surface area contributed by atoms with Crippen LogP contribution in [0.4, 0.5) is 10.5 Å². The molecule has 0 heterocycles. The Morgan fingerprint density at radius 2 is 2.08 bits per heavy atom. The summed E-state index contributed by atoms with van der Waals surface area (Å²) in [7, 11) is 0. The second-order valence-corrected chi connectivity index (χ2v) is 2.64. The van der Waals surface area contributed by atoms with Crippen LogP contribution in [0.3, 0.4) is 0 Å². The van der Waals surface area contributed by atoms with Crippen molar-refractivity contribution in [2.75, 3.05) is 5.32 Å². The lowest BCUT2D eigenvalue weighted by Crippen LogP contribution is -2.04. The van der Waals surface area contributed by atoms with E-state index in [1.54, 1.807) is 0 Å². The zero-order chi connectivity index (χ0) is 9.68. The molecule has 1 aromatic carbocycles. The van der Waals surface area contributed by atoms with Gasteiger partial charge in [-0.25, -0.2) is 9.79 Å². The van der Waals surface area contributed by atoms with Gasteiger partial charge < -0.3 is 5.32 Å². The lowest BCUT2D eigenvalue weighted by molar-refractivity contribution is 0.260. The second-order valence-electron chi connectivity index (χ2n) is 2.64. The van der Waals surface area contributed by atoms with E-state index in [4.69, 9.17) is 0 Å². The van der Waals surface area contributed by atoms with Crippen LogP contribution in [0.15, 0.2) is 29.3 Å². The van der Waals surface area contributed by atoms with E-state index >= 15 is 0 Å². The Kier molecular flexibility index (Phi) is 3.20. The van der Waals surface area contributed by atoms with Gasteiger partial charge in [-0.15, -0.1) is 0 Å². The number of aliphatic imine (C=N–C) groups is 1. The molecule has 3 heteroatoms. The summed E-state index contributed by atoms with van der Waals surface area (Å²) in [6.07, 6.45) is 0.994. The largest absolute Gasteiger partial charge is 0.344 e. The van der Waals surface area contributed by atoms with Gasteiger partial charge in [-0.1, -0.05) is 19.1 Å². The molecule has 1 rings (SSSR count). The highest BCUT2D eigenvalue weighted by Crippen LogP contribution is 2.09. The first-order chi connectivity index (χ1) is 6.26. The van der Waals surface area contributed by atoms with E-state index in [-0.39, 0.29) is 0 Å². The normalized spacial score (nSPS) is 9.31. The van der Waals surface area contributed by atoms with Crippen LogP contribution in [0.5, 0.6) is 0 Å². The van der Waals surface area contributed by atoms with E-state index in [0.29, 0.717) is 0 Å². The molecular formula is C10H12N2O. The van der Waals surface area contributed by atoms with E-state index < -0.39 is 6.03 Å². The van der Waals surface area contributed by atoms with Gasteiger partial charge in [0.15, 0.2) is 0 Å². The number of aryl methyl sites for hydroxylation is 1. The predicted octanol–water partition coefficient (Wildman–Crippen LogP) is 2.48. The van der Waals surface area contributed by atoms with Gasteiger partial charge in [-0.2, -0.15) is 0 Å². The molecule has 68 valence electrons. The Hall–Kier alpha value is -1.64. The van der Waals surface area contributed by atoms with Gasteiger partial charge in [0, 0.05) is 5.69 Å². The summed E-state index contributed by atoms with van der Waals surface area (Å²) >= 11 is 0. The van der Waals surface area contributed by atoms with Crippen LogP contribution in [0, 0.1) is 0 Å². The maximum absolute atomic E-state index is 10.8. The first-order valence-corrected chi connectivity index (χ1v) is 4.13. The summed E-state index contributed by atoms with van der Waals surface area (Å²) in [4.78, 5) is 14.0. The fourth-order valence-corrected chi connectivity index (χ4v) is 0.987. The van der Waals surface area contributed by atoms with Gasteiger partial charge in [-0.3, -0.25) is 0 Å². The smallest absolute Gasteiger partial charge is 0.306 e. The zero-order valence-corrected chi connectivity index (χ0v) is 7.58. The van der Waals surface area contributed by atoms with E-state index in [1.165, 1.54) is 5.56 Å². The summed E-state index contributed by atoms with van der Waals surface area (Å²) < 4.78 is 0. The van der Waals surface area contributed by atoms with Crippen LogP contribution >= 0.6 is 0 Å². The number of hydrogen-bond donors (Lipinski definition) is 1. The second kappa shape index (κ2) is 4.40. The van der Waals surface area contributed by atoms with Gasteiger partial charge >= 0.3 is 6.03 Å². The summed E-state index contributed by atoms with van der Waals surface area (Å²) in [5, 5.41) is 2.57. The minimum absolute atomic E-state index is 0.427. The van der Waals surface area contributed by atoms with Gasteiger partial charge in [0.05, 0.1) is 0 Å². The topological polar surface area (TPSA) is 41.5 Å². The molecule has 0 aliphatic carbocycles. The highest BCUT2D eigenvalue weighted by molar-refractivity contribution is 5.92. The number of urea groups is 1. The van der Waals surface area contributed by atoms with Gasteiger partial charge in [0.25, 0.3) is 0 Å². The Bertz CT molecular complexity index is 303. The maximum atomic E-state index is 10.8. The number of nitrogens with zero attached hydrogens (tertiary/aromatic N) is 1. The maximum Gasteiger partial charge on any atom is 0.344 e. The van der Waals surface area contributed by atoms with E-state index in [0.717, 1.165) is 12.1 Å². The third kappa shape index (κ3) is 2.71. The standard InChI is InChI=1S/C10H12N2O/c1-3-8-4-6-9(7-5-8)12-10(13)11-2/h4-7H,2-3H2,1H3,(H,12,13). The summed E-state index contributed by atoms with van der Waals surface area (Å²) in [5.41, 5.74) is 1.99. The average molecular weight is 176 g/mol. The van der Waals surface area contributed by atoms with Gasteiger partial charge in [0.1, 0.15) is 0 Å². The van der Waals surface area contributed by atoms with Crippen molar-refractivity contribution in [3.05, 3.63) is 29.8 Å². The molecule has 0 aliphatic heterocycles. The third-order valence-corrected chi connectivity index (χ3v) is 1.76. The van der Waals surface area contributed by atoms with Crippen molar-refractivity contribution in [1.82, 2.24) is 0 Å². The van der Waals surface area contributed by atoms with E-state index in [9.17, 15) is 4.79 Å². The van der Waals surface area contributed by atoms with Crippen LogP contribution < -0.4 is 5.32 Å². The van der Waals surface area contributed by atoms with Crippen LogP contribution in [-0.2, 0) is 6.42 Å². The first kappa shape index (κ1) is 9.45. The summed E-state index contributed by atoms with van der Waals surface area (Å²) in [5.74, 6) is 0. The molecule has 0 aliphatic rings.